The number of carbonyl (C=O) groups excluding carboxylic acids is 2. The van der Waals surface area contributed by atoms with Crippen molar-refractivity contribution in [3.63, 3.8) is 0 Å². The van der Waals surface area contributed by atoms with E-state index in [4.69, 9.17) is 19.1 Å². The van der Waals surface area contributed by atoms with E-state index in [1.165, 1.54) is 57.8 Å². The minimum Gasteiger partial charge on any atom is -0.462 e. The first-order valence-electron chi connectivity index (χ1n) is 21.5. The van der Waals surface area contributed by atoms with Gasteiger partial charge in [-0.1, -0.05) is 157 Å². The van der Waals surface area contributed by atoms with Crippen molar-refractivity contribution in [3.05, 3.63) is 85.1 Å². The Kier molecular flexibility index (Phi) is 39.2. The number of esters is 2. The fourth-order valence-electron chi connectivity index (χ4n) is 5.23. The summed E-state index contributed by atoms with van der Waals surface area (Å²) < 4.78 is 32.6. The molecule has 0 fully saturated rings. The zero-order chi connectivity index (χ0) is 41.9. The SMILES string of the molecule is CC/C=C/C/C=C/C/C=C/C/C=C/C/C=C/C/C=C/CCC(=O)OC[C@H](COP(=O)(O)OC[C@@H](O)CO)OC(=O)CCCCCCCCCCC/C=C/CCCC. The number of phosphoric acid groups is 1. The molecular weight excluding hydrogens is 743 g/mol. The molecular formula is C46H77O10P. The molecule has 11 heteroatoms. The number of unbranched alkanes of at least 4 members (excludes halogenated alkanes) is 11. The van der Waals surface area contributed by atoms with Gasteiger partial charge in [-0.15, -0.1) is 0 Å². The van der Waals surface area contributed by atoms with Gasteiger partial charge in [0.2, 0.25) is 0 Å². The number of hydrogen-bond donors (Lipinski definition) is 3. The molecule has 3 atom stereocenters. The Balaban J connectivity index is 4.43. The molecule has 1 unspecified atom stereocenters. The van der Waals surface area contributed by atoms with E-state index in [1.54, 1.807) is 0 Å². The molecule has 0 bridgehead atoms. The number of rotatable bonds is 39. The van der Waals surface area contributed by atoms with Crippen molar-refractivity contribution in [1.29, 1.82) is 0 Å². The first-order chi connectivity index (χ1) is 27.7. The van der Waals surface area contributed by atoms with E-state index < -0.39 is 51.8 Å². The van der Waals surface area contributed by atoms with E-state index in [-0.39, 0.29) is 19.4 Å². The quantitative estimate of drug-likeness (QED) is 0.0237. The average Bonchev–Trinajstić information content (AvgIpc) is 3.20. The Morgan fingerprint density at radius 3 is 1.53 bits per heavy atom. The van der Waals surface area contributed by atoms with Gasteiger partial charge < -0.3 is 24.6 Å². The summed E-state index contributed by atoms with van der Waals surface area (Å²) in [6.45, 7) is 2.13. The van der Waals surface area contributed by atoms with E-state index in [9.17, 15) is 24.2 Å². The second kappa shape index (κ2) is 41.3. The van der Waals surface area contributed by atoms with E-state index in [2.05, 4.69) is 91.3 Å². The molecule has 0 aromatic heterocycles. The summed E-state index contributed by atoms with van der Waals surface area (Å²) in [6, 6.07) is 0. The highest BCUT2D eigenvalue weighted by Crippen LogP contribution is 2.43. The number of allylic oxidation sites excluding steroid dienone is 14. The maximum atomic E-state index is 12.6. The molecule has 0 aromatic rings. The van der Waals surface area contributed by atoms with Crippen LogP contribution in [0.2, 0.25) is 0 Å². The second-order valence-electron chi connectivity index (χ2n) is 14.0. The summed E-state index contributed by atoms with van der Waals surface area (Å²) in [5.74, 6) is -1.03. The fourth-order valence-corrected chi connectivity index (χ4v) is 6.02. The van der Waals surface area contributed by atoms with Crippen LogP contribution in [0.5, 0.6) is 0 Å². The first-order valence-corrected chi connectivity index (χ1v) is 23.0. The molecule has 0 rings (SSSR count). The molecule has 0 spiro atoms. The van der Waals surface area contributed by atoms with Crippen LogP contribution in [0.25, 0.3) is 0 Å². The van der Waals surface area contributed by atoms with E-state index in [0.29, 0.717) is 12.8 Å². The topological polar surface area (TPSA) is 149 Å². The van der Waals surface area contributed by atoms with Crippen molar-refractivity contribution in [2.75, 3.05) is 26.4 Å². The third-order valence-electron chi connectivity index (χ3n) is 8.55. The van der Waals surface area contributed by atoms with Crippen LogP contribution in [0.1, 0.15) is 155 Å². The Morgan fingerprint density at radius 2 is 1.00 bits per heavy atom. The monoisotopic (exact) mass is 821 g/mol. The summed E-state index contributed by atoms with van der Waals surface area (Å²) in [5.41, 5.74) is 0. The molecule has 0 radical (unpaired) electrons. The molecule has 0 saturated heterocycles. The molecule has 3 N–H and O–H groups in total. The van der Waals surface area contributed by atoms with Crippen LogP contribution in [-0.2, 0) is 32.7 Å². The Labute approximate surface area is 345 Å². The van der Waals surface area contributed by atoms with E-state index in [0.717, 1.165) is 57.8 Å². The highest BCUT2D eigenvalue weighted by Gasteiger charge is 2.27. The van der Waals surface area contributed by atoms with Gasteiger partial charge in [-0.05, 0) is 70.6 Å². The second-order valence-corrected chi connectivity index (χ2v) is 15.4. The lowest BCUT2D eigenvalue weighted by atomic mass is 10.1. The number of aliphatic hydroxyl groups excluding tert-OH is 2. The lowest BCUT2D eigenvalue weighted by Crippen LogP contribution is -2.29. The predicted octanol–water partition coefficient (Wildman–Crippen LogP) is 11.4. The predicted molar refractivity (Wildman–Crippen MR) is 233 cm³/mol. The van der Waals surface area contributed by atoms with Crippen LogP contribution in [0.3, 0.4) is 0 Å². The smallest absolute Gasteiger partial charge is 0.462 e. The number of ether oxygens (including phenoxy) is 2. The molecule has 57 heavy (non-hydrogen) atoms. The van der Waals surface area contributed by atoms with Crippen molar-refractivity contribution in [2.24, 2.45) is 0 Å². The van der Waals surface area contributed by atoms with Gasteiger partial charge in [0.05, 0.1) is 19.8 Å². The summed E-state index contributed by atoms with van der Waals surface area (Å²) in [4.78, 5) is 34.9. The minimum absolute atomic E-state index is 0.112. The van der Waals surface area contributed by atoms with Crippen molar-refractivity contribution >= 4 is 19.8 Å². The third kappa shape index (κ3) is 41.1. The zero-order valence-corrected chi connectivity index (χ0v) is 36.2. The van der Waals surface area contributed by atoms with Crippen molar-refractivity contribution < 1.29 is 47.8 Å². The van der Waals surface area contributed by atoms with Gasteiger partial charge in [0.15, 0.2) is 6.10 Å². The molecule has 10 nitrogen and oxygen atoms in total. The summed E-state index contributed by atoms with van der Waals surface area (Å²) >= 11 is 0. The van der Waals surface area contributed by atoms with Crippen LogP contribution >= 0.6 is 7.82 Å². The molecule has 0 saturated carbocycles. The molecule has 0 amide bonds. The Bertz CT molecular complexity index is 1220. The van der Waals surface area contributed by atoms with Gasteiger partial charge in [-0.3, -0.25) is 18.6 Å². The van der Waals surface area contributed by atoms with Crippen molar-refractivity contribution in [3.8, 4) is 0 Å². The summed E-state index contributed by atoms with van der Waals surface area (Å²) in [6.07, 6.45) is 48.5. The van der Waals surface area contributed by atoms with Crippen molar-refractivity contribution in [2.45, 2.75) is 167 Å². The molecule has 0 aliphatic heterocycles. The van der Waals surface area contributed by atoms with Crippen LogP contribution in [-0.4, -0.2) is 65.7 Å². The van der Waals surface area contributed by atoms with E-state index >= 15 is 0 Å². The molecule has 326 valence electrons. The molecule has 0 aliphatic rings. The lowest BCUT2D eigenvalue weighted by Gasteiger charge is -2.20. The Hall–Kier alpha value is -2.85. The van der Waals surface area contributed by atoms with Gasteiger partial charge in [-0.2, -0.15) is 0 Å². The van der Waals surface area contributed by atoms with E-state index in [1.807, 2.05) is 12.2 Å². The van der Waals surface area contributed by atoms with Gasteiger partial charge in [-0.25, -0.2) is 4.57 Å². The van der Waals surface area contributed by atoms with Gasteiger partial charge in [0.1, 0.15) is 12.7 Å². The first kappa shape index (κ1) is 54.2. The molecule has 0 heterocycles. The summed E-state index contributed by atoms with van der Waals surface area (Å²) in [7, 11) is -4.64. The Morgan fingerprint density at radius 1 is 0.544 bits per heavy atom. The highest BCUT2D eigenvalue weighted by atomic mass is 31.2. The number of carbonyl (C=O) groups is 2. The number of aliphatic hydroxyl groups is 2. The third-order valence-corrected chi connectivity index (χ3v) is 9.50. The highest BCUT2D eigenvalue weighted by molar-refractivity contribution is 7.47. The number of phosphoric ester groups is 1. The van der Waals surface area contributed by atoms with Crippen LogP contribution in [0.15, 0.2) is 85.1 Å². The van der Waals surface area contributed by atoms with Crippen LogP contribution < -0.4 is 0 Å². The maximum Gasteiger partial charge on any atom is 0.472 e. The fraction of sp³-hybridized carbons (Fsp3) is 0.652. The van der Waals surface area contributed by atoms with Gasteiger partial charge >= 0.3 is 19.8 Å². The van der Waals surface area contributed by atoms with Crippen LogP contribution in [0.4, 0.5) is 0 Å². The van der Waals surface area contributed by atoms with Gasteiger partial charge in [0.25, 0.3) is 0 Å². The van der Waals surface area contributed by atoms with Gasteiger partial charge in [0, 0.05) is 12.8 Å². The molecule has 0 aliphatic carbocycles. The standard InChI is InChI=1S/C46H77O10P/c1-3-5-7-9-11-13-15-17-19-20-21-22-24-25-27-29-31-33-35-37-45(49)53-41-44(42-55-57(51,52)54-40-43(48)39-47)56-46(50)38-36-34-32-30-28-26-23-18-16-14-12-10-8-6-4-2/h5,7,10-13,17,19,21-22,25,27,31,33,43-44,47-48H,3-4,6,8-9,14-16,18,20,23-24,26,28-30,32,34-42H2,1-2H3,(H,51,52)/b7-5+,12-10+,13-11+,19-17+,22-21+,27-25+,33-31+/t43-,44+/m0/s1. The average molecular weight is 821 g/mol. The minimum atomic E-state index is -4.64. The largest absolute Gasteiger partial charge is 0.472 e. The lowest BCUT2D eigenvalue weighted by molar-refractivity contribution is -0.161. The van der Waals surface area contributed by atoms with Crippen molar-refractivity contribution in [1.82, 2.24) is 0 Å². The normalized spacial score (nSPS) is 14.7. The van der Waals surface area contributed by atoms with Crippen LogP contribution in [0, 0.1) is 0 Å². The summed E-state index contributed by atoms with van der Waals surface area (Å²) in [5, 5.41) is 18.3. The zero-order valence-electron chi connectivity index (χ0n) is 35.3. The number of hydrogen-bond acceptors (Lipinski definition) is 9. The molecule has 0 aromatic carbocycles. The maximum absolute atomic E-state index is 12.6.